The van der Waals surface area contributed by atoms with Gasteiger partial charge in [-0.1, -0.05) is 29.3 Å². The van der Waals surface area contributed by atoms with E-state index in [0.717, 1.165) is 37.3 Å². The van der Waals surface area contributed by atoms with Gasteiger partial charge in [0.25, 0.3) is 0 Å². The molecule has 2 aromatic heterocycles. The molecule has 1 aromatic carbocycles. The number of alkyl halides is 2. The van der Waals surface area contributed by atoms with Gasteiger partial charge in [-0.2, -0.15) is 8.78 Å². The molecule has 0 amide bonds. The molecule has 1 aliphatic carbocycles. The monoisotopic (exact) mass is 749 g/mol. The third kappa shape index (κ3) is 10.3. The molecule has 2 aliphatic rings. The second kappa shape index (κ2) is 16.6. The van der Waals surface area contributed by atoms with Crippen LogP contribution < -0.4 is 18.9 Å². The Morgan fingerprint density at radius 2 is 1.85 bits per heavy atom. The molecule has 1 N–H and O–H groups in total. The van der Waals surface area contributed by atoms with E-state index in [1.807, 2.05) is 0 Å². The van der Waals surface area contributed by atoms with E-state index in [1.54, 1.807) is 0 Å². The molecule has 1 saturated carbocycles. The fraction of sp³-hybridized carbons (Fsp3) is 0.484. The standard InChI is InChI=1S/C31H35Cl2F2N3O8S2/c1-42-27-15-28(47-29(27)37-48(40,41)12-2-7-38-8-10-43-11-9-38)30(39)45-25(14-21-22(32)16-36-17-23(21)33)20-5-6-24(46-31(34)35)26(13-20)44-18-19-3-4-19/h5-6,13,15-17,19,25,31,37H,2-4,7-12,14,18H2,1H3/t25-/m0/s1. The van der Waals surface area contributed by atoms with Crippen LogP contribution in [0.1, 0.15) is 46.2 Å². The first-order valence-electron chi connectivity index (χ1n) is 15.2. The lowest BCUT2D eigenvalue weighted by molar-refractivity contribution is -0.0515. The fourth-order valence-electron chi connectivity index (χ4n) is 4.95. The highest BCUT2D eigenvalue weighted by Crippen LogP contribution is 2.40. The first kappa shape index (κ1) is 36.3. The van der Waals surface area contributed by atoms with E-state index in [9.17, 15) is 22.0 Å². The number of ether oxygens (including phenoxy) is 5. The molecule has 1 atom stereocenters. The number of carbonyl (C=O) groups excluding carboxylic acids is 1. The summed E-state index contributed by atoms with van der Waals surface area (Å²) in [5, 5.41) is 0.584. The van der Waals surface area contributed by atoms with Crippen LogP contribution in [0.4, 0.5) is 13.8 Å². The van der Waals surface area contributed by atoms with Crippen molar-refractivity contribution in [1.82, 2.24) is 9.88 Å². The van der Waals surface area contributed by atoms with Crippen LogP contribution in [0.3, 0.4) is 0 Å². The second-order valence-electron chi connectivity index (χ2n) is 11.3. The largest absolute Gasteiger partial charge is 0.494 e. The summed E-state index contributed by atoms with van der Waals surface area (Å²) in [4.78, 5) is 19.8. The van der Waals surface area contributed by atoms with E-state index < -0.39 is 28.7 Å². The van der Waals surface area contributed by atoms with Crippen LogP contribution in [-0.2, 0) is 25.9 Å². The first-order valence-corrected chi connectivity index (χ1v) is 18.4. The SMILES string of the molecule is COc1cc(C(=O)O[C@@H](Cc2c(Cl)cncc2Cl)c2ccc(OC(F)F)c(OCC3CC3)c2)sc1NS(=O)(=O)CCCN1CCOCC1. The van der Waals surface area contributed by atoms with E-state index in [4.69, 9.17) is 42.1 Å². The molecule has 0 unspecified atom stereocenters. The Morgan fingerprint density at radius 3 is 2.52 bits per heavy atom. The molecule has 11 nitrogen and oxygen atoms in total. The van der Waals surface area contributed by atoms with Crippen LogP contribution >= 0.6 is 34.5 Å². The van der Waals surface area contributed by atoms with Crippen LogP contribution in [-0.4, -0.2) is 83.2 Å². The predicted molar refractivity (Wildman–Crippen MR) is 178 cm³/mol. The maximum absolute atomic E-state index is 13.6. The number of thiophene rings is 1. The van der Waals surface area contributed by atoms with Crippen molar-refractivity contribution in [2.45, 2.75) is 38.4 Å². The van der Waals surface area contributed by atoms with Gasteiger partial charge in [-0.25, -0.2) is 13.2 Å². The average molecular weight is 751 g/mol. The van der Waals surface area contributed by atoms with Gasteiger partial charge in [0.2, 0.25) is 10.0 Å². The Bertz CT molecular complexity index is 1650. The van der Waals surface area contributed by atoms with Crippen molar-refractivity contribution in [3.8, 4) is 17.2 Å². The molecule has 262 valence electrons. The zero-order chi connectivity index (χ0) is 34.3. The van der Waals surface area contributed by atoms with Crippen LogP contribution in [0.15, 0.2) is 36.7 Å². The van der Waals surface area contributed by atoms with Gasteiger partial charge in [-0.05, 0) is 55.0 Å². The molecule has 1 aliphatic heterocycles. The number of nitrogens with one attached hydrogen (secondary N) is 1. The minimum Gasteiger partial charge on any atom is -0.494 e. The maximum atomic E-state index is 13.6. The molecule has 5 rings (SSSR count). The van der Waals surface area contributed by atoms with E-state index >= 15 is 0 Å². The Morgan fingerprint density at radius 1 is 1.12 bits per heavy atom. The summed E-state index contributed by atoms with van der Waals surface area (Å²) >= 11 is 13.7. The molecule has 3 heterocycles. The first-order chi connectivity index (χ1) is 23.0. The van der Waals surface area contributed by atoms with Gasteiger partial charge in [-0.15, -0.1) is 11.3 Å². The van der Waals surface area contributed by atoms with Gasteiger partial charge in [0.15, 0.2) is 17.2 Å². The van der Waals surface area contributed by atoms with Gasteiger partial charge in [0.05, 0.1) is 42.7 Å². The zero-order valence-electron chi connectivity index (χ0n) is 26.0. The lowest BCUT2D eigenvalue weighted by atomic mass is 10.0. The quantitative estimate of drug-likeness (QED) is 0.154. The number of halogens is 4. The number of hydrogen-bond donors (Lipinski definition) is 1. The summed E-state index contributed by atoms with van der Waals surface area (Å²) in [6.07, 6.45) is 4.11. The van der Waals surface area contributed by atoms with Crippen molar-refractivity contribution >= 4 is 55.5 Å². The molecule has 2 fully saturated rings. The summed E-state index contributed by atoms with van der Waals surface area (Å²) in [6, 6.07) is 5.66. The third-order valence-electron chi connectivity index (χ3n) is 7.68. The number of nitrogens with zero attached hydrogens (tertiary/aromatic N) is 2. The lowest BCUT2D eigenvalue weighted by Gasteiger charge is -2.26. The molecule has 1 saturated heterocycles. The normalized spacial score (nSPS) is 16.0. The number of pyridine rings is 1. The molecule has 0 radical (unpaired) electrons. The molecular formula is C31H35Cl2F2N3O8S2. The number of benzene rings is 1. The number of esters is 1. The number of hydrogen-bond acceptors (Lipinski definition) is 11. The third-order valence-corrected chi connectivity index (χ3v) is 10.8. The summed E-state index contributed by atoms with van der Waals surface area (Å²) in [6.45, 7) is 0.588. The van der Waals surface area contributed by atoms with Crippen molar-refractivity contribution < 1.29 is 45.7 Å². The number of morpholine rings is 1. The second-order valence-corrected chi connectivity index (χ2v) is 15.0. The highest BCUT2D eigenvalue weighted by Gasteiger charge is 2.28. The minimum atomic E-state index is -3.77. The molecule has 3 aromatic rings. The van der Waals surface area contributed by atoms with E-state index in [2.05, 4.69) is 19.3 Å². The number of aromatic nitrogens is 1. The van der Waals surface area contributed by atoms with E-state index in [-0.39, 0.29) is 49.3 Å². The Balaban J connectivity index is 1.36. The number of sulfonamides is 1. The van der Waals surface area contributed by atoms with Crippen molar-refractivity contribution in [3.63, 3.8) is 0 Å². The van der Waals surface area contributed by atoms with Crippen molar-refractivity contribution in [1.29, 1.82) is 0 Å². The smallest absolute Gasteiger partial charge is 0.387 e. The van der Waals surface area contributed by atoms with Crippen molar-refractivity contribution in [2.24, 2.45) is 5.92 Å². The Hall–Kier alpha value is -2.95. The molecular weight excluding hydrogens is 715 g/mol. The van der Waals surface area contributed by atoms with Crippen LogP contribution in [0.5, 0.6) is 17.2 Å². The summed E-state index contributed by atoms with van der Waals surface area (Å²) in [5.41, 5.74) is 0.832. The number of methoxy groups -OCH3 is 1. The van der Waals surface area contributed by atoms with Crippen LogP contribution in [0, 0.1) is 5.92 Å². The highest BCUT2D eigenvalue weighted by atomic mass is 35.5. The lowest BCUT2D eigenvalue weighted by Crippen LogP contribution is -2.37. The number of carbonyl (C=O) groups is 1. The highest BCUT2D eigenvalue weighted by molar-refractivity contribution is 7.92. The average Bonchev–Trinajstić information content (AvgIpc) is 3.79. The van der Waals surface area contributed by atoms with Crippen molar-refractivity contribution in [3.05, 3.63) is 62.7 Å². The topological polar surface area (TPSA) is 126 Å². The van der Waals surface area contributed by atoms with Crippen molar-refractivity contribution in [2.75, 3.05) is 57.0 Å². The molecule has 0 spiro atoms. The predicted octanol–water partition coefficient (Wildman–Crippen LogP) is 6.45. The van der Waals surface area contributed by atoms with E-state index in [0.29, 0.717) is 49.8 Å². The number of rotatable bonds is 17. The summed E-state index contributed by atoms with van der Waals surface area (Å²) in [5.74, 6) is -0.557. The van der Waals surface area contributed by atoms with Crippen LogP contribution in [0.2, 0.25) is 10.0 Å². The maximum Gasteiger partial charge on any atom is 0.387 e. The zero-order valence-corrected chi connectivity index (χ0v) is 29.1. The Kier molecular flexibility index (Phi) is 12.6. The summed E-state index contributed by atoms with van der Waals surface area (Å²) < 4.78 is 81.9. The minimum absolute atomic E-state index is 0.00577. The Labute approximate surface area is 291 Å². The van der Waals surface area contributed by atoms with Crippen LogP contribution in [0.25, 0.3) is 0 Å². The van der Waals surface area contributed by atoms with Gasteiger partial charge < -0.3 is 23.7 Å². The molecule has 48 heavy (non-hydrogen) atoms. The fourth-order valence-corrected chi connectivity index (χ4v) is 7.77. The van der Waals surface area contributed by atoms with Gasteiger partial charge in [0, 0.05) is 38.0 Å². The molecule has 17 heteroatoms. The van der Waals surface area contributed by atoms with Gasteiger partial charge in [-0.3, -0.25) is 14.6 Å². The molecule has 0 bridgehead atoms. The summed E-state index contributed by atoms with van der Waals surface area (Å²) in [7, 11) is -2.41. The van der Waals surface area contributed by atoms with Gasteiger partial charge in [0.1, 0.15) is 16.0 Å². The van der Waals surface area contributed by atoms with Gasteiger partial charge >= 0.3 is 12.6 Å². The van der Waals surface area contributed by atoms with E-state index in [1.165, 1.54) is 43.8 Å². The number of anilines is 1.